The summed E-state index contributed by atoms with van der Waals surface area (Å²) in [5, 5.41) is 6.57. The van der Waals surface area contributed by atoms with Crippen molar-refractivity contribution in [3.63, 3.8) is 0 Å². The van der Waals surface area contributed by atoms with E-state index in [4.69, 9.17) is 4.74 Å². The van der Waals surface area contributed by atoms with Crippen molar-refractivity contribution in [3.8, 4) is 5.75 Å². The predicted molar refractivity (Wildman–Crippen MR) is 104 cm³/mol. The minimum atomic E-state index is 0. The number of nitrogens with zero attached hydrogens (tertiary/aromatic N) is 1. The lowest BCUT2D eigenvalue weighted by Crippen LogP contribution is -2.38. The number of halogens is 1. The third kappa shape index (κ3) is 7.80. The summed E-state index contributed by atoms with van der Waals surface area (Å²) < 4.78 is 5.40. The molecule has 0 aliphatic rings. The van der Waals surface area contributed by atoms with Gasteiger partial charge in [0.05, 0.1) is 13.7 Å². The fraction of sp³-hybridized carbons (Fsp3) is 0.533. The summed E-state index contributed by atoms with van der Waals surface area (Å²) in [6.45, 7) is 6.51. The largest absolute Gasteiger partial charge is 0.496 e. The second-order valence-electron chi connectivity index (χ2n) is 4.43. The molecule has 0 amide bonds. The van der Waals surface area contributed by atoms with E-state index < -0.39 is 0 Å². The first kappa shape index (κ1) is 20.4. The number of aliphatic imine (C=N–C) groups is 1. The molecule has 0 heterocycles. The number of aryl methyl sites for hydroxylation is 1. The van der Waals surface area contributed by atoms with Crippen molar-refractivity contribution in [2.45, 2.75) is 20.4 Å². The summed E-state index contributed by atoms with van der Waals surface area (Å²) >= 11 is 1.82. The molecular formula is C15H26IN3OS. The van der Waals surface area contributed by atoms with Crippen LogP contribution in [0.4, 0.5) is 0 Å². The van der Waals surface area contributed by atoms with Crippen LogP contribution >= 0.6 is 35.7 Å². The van der Waals surface area contributed by atoms with Crippen LogP contribution in [0.3, 0.4) is 0 Å². The molecule has 0 bridgehead atoms. The molecule has 0 aliphatic heterocycles. The minimum Gasteiger partial charge on any atom is -0.496 e. The Bertz CT molecular complexity index is 441. The Kier molecular flexibility index (Phi) is 11.6. The molecule has 0 aromatic heterocycles. The van der Waals surface area contributed by atoms with Crippen molar-refractivity contribution in [2.75, 3.05) is 32.2 Å². The van der Waals surface area contributed by atoms with E-state index in [1.807, 2.05) is 17.8 Å². The highest BCUT2D eigenvalue weighted by Crippen LogP contribution is 2.20. The first-order valence-electron chi connectivity index (χ1n) is 6.85. The van der Waals surface area contributed by atoms with Crippen LogP contribution in [-0.2, 0) is 6.54 Å². The quantitative estimate of drug-likeness (QED) is 0.306. The molecule has 21 heavy (non-hydrogen) atoms. The van der Waals surface area contributed by atoms with Gasteiger partial charge in [0.2, 0.25) is 0 Å². The van der Waals surface area contributed by atoms with Gasteiger partial charge < -0.3 is 15.4 Å². The summed E-state index contributed by atoms with van der Waals surface area (Å²) in [7, 11) is 1.70. The van der Waals surface area contributed by atoms with E-state index in [1.54, 1.807) is 7.11 Å². The monoisotopic (exact) mass is 423 g/mol. The van der Waals surface area contributed by atoms with Crippen LogP contribution in [-0.4, -0.2) is 38.2 Å². The first-order chi connectivity index (χ1) is 9.71. The topological polar surface area (TPSA) is 45.7 Å². The molecule has 120 valence electrons. The second-order valence-corrected chi connectivity index (χ2v) is 5.42. The lowest BCUT2D eigenvalue weighted by Gasteiger charge is -2.12. The molecular weight excluding hydrogens is 397 g/mol. The Labute approximate surface area is 149 Å². The number of thioether (sulfide) groups is 1. The van der Waals surface area contributed by atoms with E-state index in [1.165, 1.54) is 5.56 Å². The summed E-state index contributed by atoms with van der Waals surface area (Å²) in [6.07, 6.45) is 2.10. The van der Waals surface area contributed by atoms with Crippen LogP contribution in [0.1, 0.15) is 18.1 Å². The Morgan fingerprint density at radius 3 is 2.71 bits per heavy atom. The average Bonchev–Trinajstić information content (AvgIpc) is 2.45. The van der Waals surface area contributed by atoms with Gasteiger partial charge in [-0.3, -0.25) is 0 Å². The van der Waals surface area contributed by atoms with E-state index in [0.29, 0.717) is 6.54 Å². The normalized spacial score (nSPS) is 10.8. The van der Waals surface area contributed by atoms with Gasteiger partial charge in [-0.1, -0.05) is 12.1 Å². The van der Waals surface area contributed by atoms with Crippen LogP contribution in [0.15, 0.2) is 23.2 Å². The summed E-state index contributed by atoms with van der Waals surface area (Å²) in [6, 6.07) is 6.20. The van der Waals surface area contributed by atoms with E-state index in [2.05, 4.69) is 47.9 Å². The van der Waals surface area contributed by atoms with E-state index >= 15 is 0 Å². The first-order valence-corrected chi connectivity index (χ1v) is 8.25. The number of hydrogen-bond donors (Lipinski definition) is 2. The van der Waals surface area contributed by atoms with Crippen LogP contribution in [0, 0.1) is 6.92 Å². The standard InChI is InChI=1S/C15H25N3OS.HI/c1-5-16-15(17-8-9-20-4)18-11-13-7-6-12(2)10-14(13)19-3;/h6-7,10H,5,8-9,11H2,1-4H3,(H2,16,17,18);1H. The third-order valence-electron chi connectivity index (χ3n) is 2.79. The third-order valence-corrected chi connectivity index (χ3v) is 3.41. The van der Waals surface area contributed by atoms with Gasteiger partial charge in [0.25, 0.3) is 0 Å². The number of guanidine groups is 1. The molecule has 6 heteroatoms. The van der Waals surface area contributed by atoms with Gasteiger partial charge in [0.15, 0.2) is 5.96 Å². The fourth-order valence-corrected chi connectivity index (χ4v) is 2.07. The predicted octanol–water partition coefficient (Wildman–Crippen LogP) is 3.04. The van der Waals surface area contributed by atoms with E-state index in [-0.39, 0.29) is 24.0 Å². The maximum absolute atomic E-state index is 5.40. The molecule has 0 unspecified atom stereocenters. The Morgan fingerprint density at radius 2 is 2.10 bits per heavy atom. The van der Waals surface area contributed by atoms with Crippen LogP contribution in [0.5, 0.6) is 5.75 Å². The zero-order valence-electron chi connectivity index (χ0n) is 13.2. The number of rotatable bonds is 7. The highest BCUT2D eigenvalue weighted by molar-refractivity contribution is 14.0. The molecule has 0 aliphatic carbocycles. The Balaban J connectivity index is 0.00000400. The number of methoxy groups -OCH3 is 1. The Morgan fingerprint density at radius 1 is 1.33 bits per heavy atom. The lowest BCUT2D eigenvalue weighted by atomic mass is 10.1. The summed E-state index contributed by atoms with van der Waals surface area (Å²) in [4.78, 5) is 4.60. The fourth-order valence-electron chi connectivity index (χ4n) is 1.76. The van der Waals surface area contributed by atoms with Crippen molar-refractivity contribution >= 4 is 41.7 Å². The number of hydrogen-bond acceptors (Lipinski definition) is 3. The number of benzene rings is 1. The Hall–Kier alpha value is -0.630. The average molecular weight is 423 g/mol. The molecule has 0 saturated heterocycles. The lowest BCUT2D eigenvalue weighted by molar-refractivity contribution is 0.409. The van der Waals surface area contributed by atoms with Gasteiger partial charge >= 0.3 is 0 Å². The number of ether oxygens (including phenoxy) is 1. The van der Waals surface area contributed by atoms with Crippen molar-refractivity contribution in [2.24, 2.45) is 4.99 Å². The maximum Gasteiger partial charge on any atom is 0.191 e. The molecule has 1 aromatic rings. The molecule has 0 saturated carbocycles. The highest BCUT2D eigenvalue weighted by Gasteiger charge is 2.03. The van der Waals surface area contributed by atoms with Gasteiger partial charge in [-0.2, -0.15) is 11.8 Å². The molecule has 0 radical (unpaired) electrons. The van der Waals surface area contributed by atoms with Gasteiger partial charge in [0.1, 0.15) is 5.75 Å². The van der Waals surface area contributed by atoms with E-state index in [0.717, 1.165) is 36.1 Å². The minimum absolute atomic E-state index is 0. The summed E-state index contributed by atoms with van der Waals surface area (Å²) in [5.74, 6) is 2.82. The van der Waals surface area contributed by atoms with Crippen LogP contribution in [0.25, 0.3) is 0 Å². The zero-order chi connectivity index (χ0) is 14.8. The van der Waals surface area contributed by atoms with Crippen LogP contribution in [0.2, 0.25) is 0 Å². The smallest absolute Gasteiger partial charge is 0.191 e. The van der Waals surface area contributed by atoms with Gasteiger partial charge in [-0.25, -0.2) is 4.99 Å². The van der Waals surface area contributed by atoms with Crippen molar-refractivity contribution in [3.05, 3.63) is 29.3 Å². The molecule has 0 spiro atoms. The molecule has 0 fully saturated rings. The van der Waals surface area contributed by atoms with Crippen LogP contribution < -0.4 is 15.4 Å². The van der Waals surface area contributed by atoms with Crippen molar-refractivity contribution < 1.29 is 4.74 Å². The van der Waals surface area contributed by atoms with Gasteiger partial charge in [0, 0.05) is 24.4 Å². The highest BCUT2D eigenvalue weighted by atomic mass is 127. The van der Waals surface area contributed by atoms with Crippen molar-refractivity contribution in [1.29, 1.82) is 0 Å². The van der Waals surface area contributed by atoms with Gasteiger partial charge in [-0.15, -0.1) is 24.0 Å². The molecule has 4 nitrogen and oxygen atoms in total. The SMILES string of the molecule is CCNC(=NCc1ccc(C)cc1OC)NCCSC.I. The second kappa shape index (κ2) is 12.0. The molecule has 0 atom stereocenters. The summed E-state index contributed by atoms with van der Waals surface area (Å²) in [5.41, 5.74) is 2.29. The molecule has 2 N–H and O–H groups in total. The number of nitrogens with one attached hydrogen (secondary N) is 2. The van der Waals surface area contributed by atoms with Gasteiger partial charge in [-0.05, 0) is 31.7 Å². The van der Waals surface area contributed by atoms with Crippen molar-refractivity contribution in [1.82, 2.24) is 10.6 Å². The molecule has 1 aromatic carbocycles. The zero-order valence-corrected chi connectivity index (χ0v) is 16.4. The maximum atomic E-state index is 5.40. The van der Waals surface area contributed by atoms with E-state index in [9.17, 15) is 0 Å². The molecule has 1 rings (SSSR count).